The Bertz CT molecular complexity index is 530. The number of rotatable bonds is 8. The molecule has 0 aliphatic heterocycles. The van der Waals surface area contributed by atoms with Crippen molar-refractivity contribution >= 4 is 6.09 Å². The molecule has 1 amide bonds. The van der Waals surface area contributed by atoms with E-state index in [9.17, 15) is 14.3 Å². The standard InChI is InChI=1S/C18H28FNO4/c1-5-23-11-10-18(13-21,14-8-6-7-9-15(14)19)12-20-16(22)24-17(2,3)4/h6-9,21H,5,10-13H2,1-4H3,(H,20,22). The fraction of sp³-hybridized carbons (Fsp3) is 0.611. The van der Waals surface area contributed by atoms with E-state index in [1.807, 2.05) is 6.92 Å². The molecular formula is C18H28FNO4. The molecule has 0 bridgehead atoms. The average Bonchev–Trinajstić information content (AvgIpc) is 2.50. The van der Waals surface area contributed by atoms with Crippen LogP contribution in [-0.4, -0.2) is 43.2 Å². The van der Waals surface area contributed by atoms with E-state index in [2.05, 4.69) is 5.32 Å². The van der Waals surface area contributed by atoms with Gasteiger partial charge in [-0.2, -0.15) is 0 Å². The number of aliphatic hydroxyl groups is 1. The Morgan fingerprint density at radius 1 is 1.29 bits per heavy atom. The topological polar surface area (TPSA) is 67.8 Å². The summed E-state index contributed by atoms with van der Waals surface area (Å²) < 4.78 is 24.9. The zero-order valence-corrected chi connectivity index (χ0v) is 14.9. The second-order valence-corrected chi connectivity index (χ2v) is 6.72. The summed E-state index contributed by atoms with van der Waals surface area (Å²) in [5.41, 5.74) is -1.25. The van der Waals surface area contributed by atoms with E-state index in [1.165, 1.54) is 6.07 Å². The highest BCUT2D eigenvalue weighted by Gasteiger charge is 2.35. The van der Waals surface area contributed by atoms with Crippen LogP contribution >= 0.6 is 0 Å². The number of hydrogen-bond donors (Lipinski definition) is 2. The first-order valence-electron chi connectivity index (χ1n) is 8.14. The minimum absolute atomic E-state index is 0.0480. The van der Waals surface area contributed by atoms with Crippen molar-refractivity contribution < 1.29 is 23.8 Å². The van der Waals surface area contributed by atoms with Gasteiger partial charge in [-0.3, -0.25) is 0 Å². The molecule has 0 aliphatic rings. The third kappa shape index (κ3) is 6.09. The van der Waals surface area contributed by atoms with Crippen LogP contribution in [0, 0.1) is 5.82 Å². The van der Waals surface area contributed by atoms with Crippen molar-refractivity contribution in [3.8, 4) is 0 Å². The van der Waals surface area contributed by atoms with Crippen molar-refractivity contribution in [2.75, 3.05) is 26.4 Å². The molecule has 1 unspecified atom stereocenters. The van der Waals surface area contributed by atoms with Crippen molar-refractivity contribution in [3.05, 3.63) is 35.6 Å². The molecule has 0 aromatic heterocycles. The van der Waals surface area contributed by atoms with E-state index in [0.29, 0.717) is 25.2 Å². The Morgan fingerprint density at radius 2 is 1.96 bits per heavy atom. The molecule has 0 spiro atoms. The number of alkyl carbamates (subject to hydrolysis) is 1. The third-order valence-corrected chi connectivity index (χ3v) is 3.65. The summed E-state index contributed by atoms with van der Waals surface area (Å²) in [5, 5.41) is 12.6. The van der Waals surface area contributed by atoms with Gasteiger partial charge < -0.3 is 19.9 Å². The Kier molecular flexibility index (Phi) is 7.63. The predicted molar refractivity (Wildman–Crippen MR) is 90.5 cm³/mol. The van der Waals surface area contributed by atoms with Crippen LogP contribution < -0.4 is 5.32 Å². The summed E-state index contributed by atoms with van der Waals surface area (Å²) in [7, 11) is 0. The average molecular weight is 341 g/mol. The van der Waals surface area contributed by atoms with Crippen LogP contribution in [0.3, 0.4) is 0 Å². The number of carbonyl (C=O) groups excluding carboxylic acids is 1. The quantitative estimate of drug-likeness (QED) is 0.713. The van der Waals surface area contributed by atoms with Gasteiger partial charge in [-0.1, -0.05) is 18.2 Å². The Hall–Kier alpha value is -1.66. The predicted octanol–water partition coefficient (Wildman–Crippen LogP) is 3.01. The number of hydrogen-bond acceptors (Lipinski definition) is 4. The zero-order valence-electron chi connectivity index (χ0n) is 14.9. The fourth-order valence-corrected chi connectivity index (χ4v) is 2.40. The molecule has 1 rings (SSSR count). The molecule has 1 aromatic rings. The maximum Gasteiger partial charge on any atom is 0.407 e. The van der Waals surface area contributed by atoms with Gasteiger partial charge in [0.25, 0.3) is 0 Å². The van der Waals surface area contributed by atoms with Gasteiger partial charge in [-0.25, -0.2) is 9.18 Å². The highest BCUT2D eigenvalue weighted by atomic mass is 19.1. The number of benzene rings is 1. The van der Waals surface area contributed by atoms with Crippen LogP contribution in [0.2, 0.25) is 0 Å². The van der Waals surface area contributed by atoms with Gasteiger partial charge in [0.15, 0.2) is 0 Å². The highest BCUT2D eigenvalue weighted by molar-refractivity contribution is 5.67. The fourth-order valence-electron chi connectivity index (χ4n) is 2.40. The maximum atomic E-state index is 14.3. The molecule has 0 saturated heterocycles. The van der Waals surface area contributed by atoms with E-state index in [4.69, 9.17) is 9.47 Å². The molecule has 0 saturated carbocycles. The Morgan fingerprint density at radius 3 is 2.50 bits per heavy atom. The summed E-state index contributed by atoms with van der Waals surface area (Å²) in [6.45, 7) is 7.75. The minimum atomic E-state index is -0.975. The lowest BCUT2D eigenvalue weighted by atomic mass is 9.78. The lowest BCUT2D eigenvalue weighted by molar-refractivity contribution is 0.0480. The molecule has 6 heteroatoms. The van der Waals surface area contributed by atoms with Crippen molar-refractivity contribution in [1.82, 2.24) is 5.32 Å². The van der Waals surface area contributed by atoms with Gasteiger partial charge in [0.05, 0.1) is 6.61 Å². The molecule has 0 aliphatic carbocycles. The summed E-state index contributed by atoms with van der Waals surface area (Å²) in [6, 6.07) is 6.25. The summed E-state index contributed by atoms with van der Waals surface area (Å²) in [5.74, 6) is -0.422. The molecule has 0 fully saturated rings. The van der Waals surface area contributed by atoms with Gasteiger partial charge in [0.2, 0.25) is 0 Å². The number of halogens is 1. The van der Waals surface area contributed by atoms with Crippen LogP contribution in [0.25, 0.3) is 0 Å². The van der Waals surface area contributed by atoms with Gasteiger partial charge in [-0.05, 0) is 45.7 Å². The monoisotopic (exact) mass is 341 g/mol. The number of nitrogens with one attached hydrogen (secondary N) is 1. The zero-order chi connectivity index (χ0) is 18.2. The summed E-state index contributed by atoms with van der Waals surface area (Å²) in [4.78, 5) is 11.9. The smallest absolute Gasteiger partial charge is 0.407 e. The maximum absolute atomic E-state index is 14.3. The lowest BCUT2D eigenvalue weighted by Crippen LogP contribution is -2.46. The number of carbonyl (C=O) groups is 1. The SMILES string of the molecule is CCOCCC(CO)(CNC(=O)OC(C)(C)C)c1ccccc1F. The molecule has 0 radical (unpaired) electrons. The molecule has 24 heavy (non-hydrogen) atoms. The minimum Gasteiger partial charge on any atom is -0.444 e. The van der Waals surface area contributed by atoms with Crippen LogP contribution in [0.15, 0.2) is 24.3 Å². The van der Waals surface area contributed by atoms with E-state index >= 15 is 0 Å². The normalized spacial score (nSPS) is 14.1. The number of ether oxygens (including phenoxy) is 2. The molecule has 5 nitrogen and oxygen atoms in total. The van der Waals surface area contributed by atoms with E-state index in [0.717, 1.165) is 0 Å². The summed E-state index contributed by atoms with van der Waals surface area (Å²) in [6.07, 6.45) is -0.235. The van der Waals surface area contributed by atoms with Crippen molar-refractivity contribution in [3.63, 3.8) is 0 Å². The largest absolute Gasteiger partial charge is 0.444 e. The first kappa shape index (κ1) is 20.4. The molecule has 1 atom stereocenters. The first-order valence-corrected chi connectivity index (χ1v) is 8.14. The Labute approximate surface area is 143 Å². The van der Waals surface area contributed by atoms with Gasteiger partial charge >= 0.3 is 6.09 Å². The molecule has 0 heterocycles. The second-order valence-electron chi connectivity index (χ2n) is 6.72. The van der Waals surface area contributed by atoms with Gasteiger partial charge in [-0.15, -0.1) is 0 Å². The molecule has 2 N–H and O–H groups in total. The van der Waals surface area contributed by atoms with Crippen LogP contribution in [0.1, 0.15) is 39.7 Å². The molecule has 136 valence electrons. The van der Waals surface area contributed by atoms with Crippen molar-refractivity contribution in [2.24, 2.45) is 0 Å². The molecular weight excluding hydrogens is 313 g/mol. The van der Waals surface area contributed by atoms with Gasteiger partial charge in [0.1, 0.15) is 11.4 Å². The summed E-state index contributed by atoms with van der Waals surface area (Å²) >= 11 is 0. The second kappa shape index (κ2) is 8.99. The first-order chi connectivity index (χ1) is 11.2. The van der Waals surface area contributed by atoms with E-state index < -0.39 is 22.9 Å². The van der Waals surface area contributed by atoms with Gasteiger partial charge in [0, 0.05) is 25.2 Å². The Balaban J connectivity index is 2.96. The lowest BCUT2D eigenvalue weighted by Gasteiger charge is -2.33. The highest BCUT2D eigenvalue weighted by Crippen LogP contribution is 2.29. The van der Waals surface area contributed by atoms with Crippen LogP contribution in [-0.2, 0) is 14.9 Å². The van der Waals surface area contributed by atoms with Crippen molar-refractivity contribution in [2.45, 2.75) is 45.1 Å². The van der Waals surface area contributed by atoms with E-state index in [-0.39, 0.29) is 13.2 Å². The molecule has 1 aromatic carbocycles. The van der Waals surface area contributed by atoms with Crippen molar-refractivity contribution in [1.29, 1.82) is 0 Å². The van der Waals surface area contributed by atoms with E-state index in [1.54, 1.807) is 39.0 Å². The van der Waals surface area contributed by atoms with Crippen LogP contribution in [0.4, 0.5) is 9.18 Å². The third-order valence-electron chi connectivity index (χ3n) is 3.65. The van der Waals surface area contributed by atoms with Crippen LogP contribution in [0.5, 0.6) is 0 Å². The number of amides is 1. The number of aliphatic hydroxyl groups excluding tert-OH is 1.